The van der Waals surface area contributed by atoms with Crippen LogP contribution >= 0.6 is 0 Å². The molecule has 182 valence electrons. The summed E-state index contributed by atoms with van der Waals surface area (Å²) in [5.41, 5.74) is 2.54. The summed E-state index contributed by atoms with van der Waals surface area (Å²) in [5, 5.41) is 6.25. The molecule has 1 aromatic heterocycles. The molecule has 9 heteroatoms. The van der Waals surface area contributed by atoms with Crippen molar-refractivity contribution in [3.63, 3.8) is 0 Å². The third-order valence-electron chi connectivity index (χ3n) is 6.33. The van der Waals surface area contributed by atoms with Crippen LogP contribution in [-0.4, -0.2) is 73.0 Å². The maximum atomic E-state index is 13.6. The fraction of sp³-hybridized carbons (Fsp3) is 0.480. The Morgan fingerprint density at radius 1 is 1.15 bits per heavy atom. The topological polar surface area (TPSA) is 85.6 Å². The van der Waals surface area contributed by atoms with Crippen LogP contribution in [-0.2, 0) is 21.4 Å². The first-order valence-corrected chi connectivity index (χ1v) is 11.5. The number of rotatable bonds is 10. The molecule has 2 aliphatic rings. The predicted molar refractivity (Wildman–Crippen MR) is 127 cm³/mol. The molecule has 0 spiro atoms. The van der Waals surface area contributed by atoms with E-state index in [1.54, 1.807) is 26.2 Å². The van der Waals surface area contributed by atoms with Gasteiger partial charge in [-0.1, -0.05) is 0 Å². The number of methoxy groups -OCH3 is 3. The third kappa shape index (κ3) is 4.94. The Morgan fingerprint density at radius 3 is 2.56 bits per heavy atom. The van der Waals surface area contributed by atoms with E-state index in [1.165, 1.54) is 5.01 Å². The Balaban J connectivity index is 1.66. The first-order chi connectivity index (χ1) is 16.5. The van der Waals surface area contributed by atoms with Crippen molar-refractivity contribution in [1.29, 1.82) is 0 Å². The molecule has 0 radical (unpaired) electrons. The molecular weight excluding hydrogens is 436 g/mol. The lowest BCUT2D eigenvalue weighted by Gasteiger charge is -2.27. The first kappa shape index (κ1) is 23.8. The van der Waals surface area contributed by atoms with Gasteiger partial charge in [-0.05, 0) is 43.2 Å². The van der Waals surface area contributed by atoms with E-state index in [9.17, 15) is 9.59 Å². The van der Waals surface area contributed by atoms with Crippen molar-refractivity contribution in [2.75, 3.05) is 41.0 Å². The van der Waals surface area contributed by atoms with Crippen LogP contribution in [0.1, 0.15) is 36.6 Å². The van der Waals surface area contributed by atoms with Gasteiger partial charge in [0.2, 0.25) is 5.91 Å². The molecular formula is C25H32N4O5. The number of aryl methyl sites for hydroxylation is 1. The lowest BCUT2D eigenvalue weighted by molar-refractivity contribution is -0.142. The quantitative estimate of drug-likeness (QED) is 0.535. The van der Waals surface area contributed by atoms with Crippen molar-refractivity contribution in [3.05, 3.63) is 47.8 Å². The second-order valence-corrected chi connectivity index (χ2v) is 8.64. The minimum atomic E-state index is -0.386. The van der Waals surface area contributed by atoms with Gasteiger partial charge in [-0.15, -0.1) is 0 Å². The van der Waals surface area contributed by atoms with Crippen molar-refractivity contribution in [2.24, 2.45) is 18.1 Å². The van der Waals surface area contributed by atoms with Gasteiger partial charge >= 0.3 is 0 Å². The Hall–Kier alpha value is -3.33. The number of hydrazone groups is 1. The van der Waals surface area contributed by atoms with Gasteiger partial charge in [0.1, 0.15) is 18.0 Å². The van der Waals surface area contributed by atoms with Crippen molar-refractivity contribution in [3.8, 4) is 11.5 Å². The van der Waals surface area contributed by atoms with Crippen LogP contribution in [0, 0.1) is 5.92 Å². The van der Waals surface area contributed by atoms with Gasteiger partial charge in [-0.2, -0.15) is 5.10 Å². The van der Waals surface area contributed by atoms with Crippen LogP contribution in [0.5, 0.6) is 11.5 Å². The van der Waals surface area contributed by atoms with Gasteiger partial charge in [-0.25, -0.2) is 5.01 Å². The first-order valence-electron chi connectivity index (χ1n) is 11.5. The van der Waals surface area contributed by atoms with E-state index in [0.29, 0.717) is 31.1 Å². The molecule has 0 saturated heterocycles. The summed E-state index contributed by atoms with van der Waals surface area (Å²) in [5.74, 6) is 1.09. The van der Waals surface area contributed by atoms with Gasteiger partial charge in [0.15, 0.2) is 0 Å². The van der Waals surface area contributed by atoms with E-state index in [2.05, 4.69) is 0 Å². The fourth-order valence-electron chi connectivity index (χ4n) is 4.29. The van der Waals surface area contributed by atoms with Crippen LogP contribution in [0.25, 0.3) is 0 Å². The van der Waals surface area contributed by atoms with Crippen LogP contribution in [0.4, 0.5) is 0 Å². The molecule has 1 aromatic carbocycles. The van der Waals surface area contributed by atoms with Crippen LogP contribution < -0.4 is 9.47 Å². The number of ether oxygens (including phenoxy) is 3. The lowest BCUT2D eigenvalue weighted by Crippen LogP contribution is -2.43. The SMILES string of the molecule is COCCN(CC(=O)N1N=C(c2cccn2C)C[C@@H]1c1cc(OC)ccc1OC)C(=O)C1CC1. The number of amides is 2. The summed E-state index contributed by atoms with van der Waals surface area (Å²) in [6, 6.07) is 9.08. The number of nitrogens with zero attached hydrogens (tertiary/aromatic N) is 4. The molecule has 34 heavy (non-hydrogen) atoms. The van der Waals surface area contributed by atoms with E-state index >= 15 is 0 Å². The minimum Gasteiger partial charge on any atom is -0.497 e. The highest BCUT2D eigenvalue weighted by Gasteiger charge is 2.39. The summed E-state index contributed by atoms with van der Waals surface area (Å²) < 4.78 is 18.2. The monoisotopic (exact) mass is 468 g/mol. The van der Waals surface area contributed by atoms with E-state index in [1.807, 2.05) is 48.1 Å². The molecule has 1 aliphatic heterocycles. The number of carbonyl (C=O) groups excluding carboxylic acids is 2. The van der Waals surface area contributed by atoms with Crippen LogP contribution in [0.3, 0.4) is 0 Å². The summed E-state index contributed by atoms with van der Waals surface area (Å²) in [4.78, 5) is 28.0. The summed E-state index contributed by atoms with van der Waals surface area (Å²) >= 11 is 0. The third-order valence-corrected chi connectivity index (χ3v) is 6.33. The average molecular weight is 469 g/mol. The molecule has 2 aromatic rings. The fourth-order valence-corrected chi connectivity index (χ4v) is 4.29. The number of hydrogen-bond acceptors (Lipinski definition) is 6. The molecule has 1 fully saturated rings. The smallest absolute Gasteiger partial charge is 0.262 e. The number of aromatic nitrogens is 1. The molecule has 4 rings (SSSR count). The second kappa shape index (κ2) is 10.3. The molecule has 2 amide bonds. The predicted octanol–water partition coefficient (Wildman–Crippen LogP) is 2.61. The van der Waals surface area contributed by atoms with Crippen molar-refractivity contribution < 1.29 is 23.8 Å². The normalized spacial score (nSPS) is 17.5. The summed E-state index contributed by atoms with van der Waals surface area (Å²) in [6.45, 7) is 0.690. The standard InChI is InChI=1S/C25H32N4O5/c1-27-11-5-6-21(27)20-15-22(19-14-18(33-3)9-10-23(19)34-4)29(26-20)24(30)16-28(12-13-32-2)25(31)17-7-8-17/h5-6,9-11,14,17,22H,7-8,12-13,15-16H2,1-4H3/t22-/m1/s1. The molecule has 1 saturated carbocycles. The summed E-state index contributed by atoms with van der Waals surface area (Å²) in [6.07, 6.45) is 4.21. The van der Waals surface area contributed by atoms with E-state index < -0.39 is 0 Å². The molecule has 1 aliphatic carbocycles. The zero-order chi connectivity index (χ0) is 24.2. The van der Waals surface area contributed by atoms with Gasteiger partial charge in [-0.3, -0.25) is 9.59 Å². The lowest BCUT2D eigenvalue weighted by atomic mass is 9.99. The summed E-state index contributed by atoms with van der Waals surface area (Å²) in [7, 11) is 6.74. The van der Waals surface area contributed by atoms with Gasteiger partial charge < -0.3 is 23.7 Å². The Kier molecular flexibility index (Phi) is 7.21. The molecule has 0 N–H and O–H groups in total. The number of hydrogen-bond donors (Lipinski definition) is 0. The molecule has 1 atom stereocenters. The van der Waals surface area contributed by atoms with Crippen molar-refractivity contribution >= 4 is 17.5 Å². The molecule has 2 heterocycles. The van der Waals surface area contributed by atoms with E-state index in [-0.39, 0.29) is 30.3 Å². The van der Waals surface area contributed by atoms with Gasteiger partial charge in [0, 0.05) is 44.8 Å². The maximum absolute atomic E-state index is 13.6. The van der Waals surface area contributed by atoms with Crippen LogP contribution in [0.15, 0.2) is 41.6 Å². The Bertz CT molecular complexity index is 1080. The Labute approximate surface area is 199 Å². The largest absolute Gasteiger partial charge is 0.497 e. The molecule has 9 nitrogen and oxygen atoms in total. The second-order valence-electron chi connectivity index (χ2n) is 8.64. The highest BCUT2D eigenvalue weighted by atomic mass is 16.5. The maximum Gasteiger partial charge on any atom is 0.262 e. The molecule has 0 unspecified atom stereocenters. The minimum absolute atomic E-state index is 0.00625. The van der Waals surface area contributed by atoms with Crippen molar-refractivity contribution in [1.82, 2.24) is 14.5 Å². The van der Waals surface area contributed by atoms with Crippen LogP contribution in [0.2, 0.25) is 0 Å². The average Bonchev–Trinajstić information content (AvgIpc) is 3.47. The number of carbonyl (C=O) groups is 2. The van der Waals surface area contributed by atoms with E-state index in [0.717, 1.165) is 29.8 Å². The molecule has 0 bridgehead atoms. The van der Waals surface area contributed by atoms with Crippen molar-refractivity contribution in [2.45, 2.75) is 25.3 Å². The van der Waals surface area contributed by atoms with Gasteiger partial charge in [0.25, 0.3) is 5.91 Å². The van der Waals surface area contributed by atoms with E-state index in [4.69, 9.17) is 19.3 Å². The zero-order valence-electron chi connectivity index (χ0n) is 20.2. The zero-order valence-corrected chi connectivity index (χ0v) is 20.2. The number of benzene rings is 1. The van der Waals surface area contributed by atoms with Gasteiger partial charge in [0.05, 0.1) is 38.3 Å². The highest BCUT2D eigenvalue weighted by Crippen LogP contribution is 2.39. The Morgan fingerprint density at radius 2 is 1.94 bits per heavy atom. The highest BCUT2D eigenvalue weighted by molar-refractivity contribution is 6.02.